The van der Waals surface area contributed by atoms with Gasteiger partial charge in [-0.05, 0) is 38.1 Å². The third-order valence-electron chi connectivity index (χ3n) is 3.60. The number of carbonyl (C=O) groups excluding carboxylic acids is 1. The average Bonchev–Trinajstić information content (AvgIpc) is 3.04. The highest BCUT2D eigenvalue weighted by Gasteiger charge is 2.20. The molecule has 3 heterocycles. The Kier molecular flexibility index (Phi) is 4.57. The van der Waals surface area contributed by atoms with Crippen molar-refractivity contribution in [1.29, 1.82) is 0 Å². The van der Waals surface area contributed by atoms with Crippen LogP contribution in [0.25, 0.3) is 0 Å². The van der Waals surface area contributed by atoms with Gasteiger partial charge in [0.2, 0.25) is 0 Å². The van der Waals surface area contributed by atoms with Crippen molar-refractivity contribution in [3.8, 4) is 0 Å². The summed E-state index contributed by atoms with van der Waals surface area (Å²) in [6.07, 6.45) is 3.92. The Labute approximate surface area is 127 Å². The summed E-state index contributed by atoms with van der Waals surface area (Å²) in [5, 5.41) is 9.14. The number of amides is 1. The van der Waals surface area contributed by atoms with Crippen LogP contribution in [0.3, 0.4) is 0 Å². The lowest BCUT2D eigenvalue weighted by Gasteiger charge is -2.20. The smallest absolute Gasteiger partial charge is 0.271 e. The molecule has 0 aliphatic carbocycles. The fraction of sp³-hybridized carbons (Fsp3) is 0.400. The zero-order valence-corrected chi connectivity index (χ0v) is 12.5. The van der Waals surface area contributed by atoms with E-state index in [0.717, 1.165) is 36.6 Å². The van der Waals surface area contributed by atoms with Crippen molar-refractivity contribution in [2.75, 3.05) is 13.1 Å². The number of hydrogen-bond acceptors (Lipinski definition) is 5. The molecule has 110 valence electrons. The summed E-state index contributed by atoms with van der Waals surface area (Å²) in [7, 11) is 0. The van der Waals surface area contributed by atoms with Gasteiger partial charge >= 0.3 is 0 Å². The Morgan fingerprint density at radius 3 is 3.00 bits per heavy atom. The summed E-state index contributed by atoms with van der Waals surface area (Å²) in [6.45, 7) is 2.50. The maximum absolute atomic E-state index is 12.1. The molecule has 2 aromatic heterocycles. The van der Waals surface area contributed by atoms with Crippen LogP contribution in [-0.4, -0.2) is 29.0 Å². The van der Waals surface area contributed by atoms with Gasteiger partial charge in [0, 0.05) is 17.5 Å². The quantitative estimate of drug-likeness (QED) is 0.906. The fourth-order valence-corrected chi connectivity index (χ4v) is 3.38. The minimum absolute atomic E-state index is 0.128. The molecule has 5 nitrogen and oxygen atoms in total. The average molecular weight is 302 g/mol. The number of aromatic nitrogens is 2. The highest BCUT2D eigenvalue weighted by Crippen LogP contribution is 2.27. The maximum Gasteiger partial charge on any atom is 0.271 e. The Morgan fingerprint density at radius 2 is 2.24 bits per heavy atom. The van der Waals surface area contributed by atoms with Crippen molar-refractivity contribution < 1.29 is 4.79 Å². The molecule has 0 spiro atoms. The summed E-state index contributed by atoms with van der Waals surface area (Å²) in [5.74, 6) is 0.366. The molecule has 6 heteroatoms. The highest BCUT2D eigenvalue weighted by molar-refractivity contribution is 7.09. The van der Waals surface area contributed by atoms with Gasteiger partial charge in [0.1, 0.15) is 5.69 Å². The van der Waals surface area contributed by atoms with Gasteiger partial charge in [-0.15, -0.1) is 11.3 Å². The molecule has 0 unspecified atom stereocenters. The Hall–Kier alpha value is -1.79. The molecule has 1 saturated heterocycles. The summed E-state index contributed by atoms with van der Waals surface area (Å²) < 4.78 is 0. The van der Waals surface area contributed by atoms with Gasteiger partial charge in [-0.3, -0.25) is 9.78 Å². The molecule has 1 aliphatic rings. The first-order valence-electron chi connectivity index (χ1n) is 7.17. The lowest BCUT2D eigenvalue weighted by Crippen LogP contribution is -2.27. The second-order valence-electron chi connectivity index (χ2n) is 5.10. The number of nitrogens with zero attached hydrogens (tertiary/aromatic N) is 2. The van der Waals surface area contributed by atoms with Crippen LogP contribution in [0.5, 0.6) is 0 Å². The van der Waals surface area contributed by atoms with Crippen molar-refractivity contribution in [2.24, 2.45) is 0 Å². The van der Waals surface area contributed by atoms with Crippen LogP contribution in [0, 0.1) is 0 Å². The van der Waals surface area contributed by atoms with Gasteiger partial charge in [0.05, 0.1) is 17.2 Å². The number of rotatable bonds is 4. The summed E-state index contributed by atoms with van der Waals surface area (Å²) in [4.78, 5) is 20.8. The SMILES string of the molecule is O=C(NCc1ccccn1)c1csc(C2CCNCC2)n1. The zero-order valence-electron chi connectivity index (χ0n) is 11.7. The van der Waals surface area contributed by atoms with E-state index in [0.29, 0.717) is 18.2 Å². The number of thiazole rings is 1. The zero-order chi connectivity index (χ0) is 14.5. The molecule has 0 atom stereocenters. The predicted molar refractivity (Wildman–Crippen MR) is 82.4 cm³/mol. The van der Waals surface area contributed by atoms with Gasteiger partial charge in [-0.1, -0.05) is 6.07 Å². The first kappa shape index (κ1) is 14.2. The van der Waals surface area contributed by atoms with Gasteiger partial charge in [0.15, 0.2) is 0 Å². The molecule has 0 bridgehead atoms. The molecule has 21 heavy (non-hydrogen) atoms. The number of piperidine rings is 1. The van der Waals surface area contributed by atoms with E-state index in [1.807, 2.05) is 23.6 Å². The first-order valence-corrected chi connectivity index (χ1v) is 8.05. The lowest BCUT2D eigenvalue weighted by atomic mass is 9.99. The lowest BCUT2D eigenvalue weighted by molar-refractivity contribution is 0.0946. The van der Waals surface area contributed by atoms with Gasteiger partial charge in [0.25, 0.3) is 5.91 Å². The summed E-state index contributed by atoms with van der Waals surface area (Å²) >= 11 is 1.59. The van der Waals surface area contributed by atoms with Crippen molar-refractivity contribution in [3.63, 3.8) is 0 Å². The van der Waals surface area contributed by atoms with Crippen molar-refractivity contribution in [3.05, 3.63) is 46.2 Å². The van der Waals surface area contributed by atoms with Crippen molar-refractivity contribution in [2.45, 2.75) is 25.3 Å². The third-order valence-corrected chi connectivity index (χ3v) is 4.61. The molecule has 1 amide bonds. The molecule has 0 radical (unpaired) electrons. The van der Waals surface area contributed by atoms with Crippen LogP contribution in [0.15, 0.2) is 29.8 Å². The van der Waals surface area contributed by atoms with E-state index in [2.05, 4.69) is 20.6 Å². The minimum atomic E-state index is -0.128. The van der Waals surface area contributed by atoms with Crippen LogP contribution in [0.2, 0.25) is 0 Å². The Bertz CT molecular complexity index is 593. The van der Waals surface area contributed by atoms with Gasteiger partial charge in [-0.2, -0.15) is 0 Å². The summed E-state index contributed by atoms with van der Waals surface area (Å²) in [6, 6.07) is 5.66. The topological polar surface area (TPSA) is 66.9 Å². The minimum Gasteiger partial charge on any atom is -0.345 e. The molecule has 3 rings (SSSR count). The molecule has 1 aliphatic heterocycles. The first-order chi connectivity index (χ1) is 10.3. The molecular weight excluding hydrogens is 284 g/mol. The van der Waals surface area contributed by atoms with Crippen LogP contribution in [0.4, 0.5) is 0 Å². The van der Waals surface area contributed by atoms with Gasteiger partial charge in [-0.25, -0.2) is 4.98 Å². The second kappa shape index (κ2) is 6.78. The van der Waals surface area contributed by atoms with Crippen LogP contribution >= 0.6 is 11.3 Å². The predicted octanol–water partition coefficient (Wildman–Crippen LogP) is 1.94. The molecule has 2 N–H and O–H groups in total. The van der Waals surface area contributed by atoms with E-state index in [1.165, 1.54) is 0 Å². The van der Waals surface area contributed by atoms with E-state index in [-0.39, 0.29) is 5.91 Å². The fourth-order valence-electron chi connectivity index (χ4n) is 2.41. The number of hydrogen-bond donors (Lipinski definition) is 2. The summed E-state index contributed by atoms with van der Waals surface area (Å²) in [5.41, 5.74) is 1.36. The molecular formula is C15H18N4OS. The molecule has 0 saturated carbocycles. The van der Waals surface area contributed by atoms with E-state index in [1.54, 1.807) is 17.5 Å². The molecule has 1 fully saturated rings. The third kappa shape index (κ3) is 3.65. The standard InChI is InChI=1S/C15H18N4OS/c20-14(18-9-12-3-1-2-6-17-12)13-10-21-15(19-13)11-4-7-16-8-5-11/h1-3,6,10-11,16H,4-5,7-9H2,(H,18,20). The van der Waals surface area contributed by atoms with Gasteiger partial charge < -0.3 is 10.6 Å². The Balaban J connectivity index is 1.59. The molecule has 0 aromatic carbocycles. The van der Waals surface area contributed by atoms with E-state index < -0.39 is 0 Å². The number of carbonyl (C=O) groups is 1. The maximum atomic E-state index is 12.1. The van der Waals surface area contributed by atoms with Crippen LogP contribution < -0.4 is 10.6 Å². The monoisotopic (exact) mass is 302 g/mol. The second-order valence-corrected chi connectivity index (χ2v) is 5.99. The van der Waals surface area contributed by atoms with Crippen LogP contribution in [-0.2, 0) is 6.54 Å². The van der Waals surface area contributed by atoms with E-state index in [9.17, 15) is 4.79 Å². The van der Waals surface area contributed by atoms with Crippen LogP contribution in [0.1, 0.15) is 39.9 Å². The van der Waals surface area contributed by atoms with E-state index >= 15 is 0 Å². The number of nitrogens with one attached hydrogen (secondary N) is 2. The highest BCUT2D eigenvalue weighted by atomic mass is 32.1. The Morgan fingerprint density at radius 1 is 1.38 bits per heavy atom. The largest absolute Gasteiger partial charge is 0.345 e. The normalized spacial score (nSPS) is 15.8. The van der Waals surface area contributed by atoms with Crippen molar-refractivity contribution >= 4 is 17.2 Å². The number of pyridine rings is 1. The molecule has 2 aromatic rings. The van der Waals surface area contributed by atoms with E-state index in [4.69, 9.17) is 0 Å². The van der Waals surface area contributed by atoms with Crippen molar-refractivity contribution in [1.82, 2.24) is 20.6 Å².